The van der Waals surface area contributed by atoms with Crippen molar-refractivity contribution in [2.45, 2.75) is 20.8 Å². The van der Waals surface area contributed by atoms with Gasteiger partial charge in [-0.25, -0.2) is 9.98 Å². The van der Waals surface area contributed by atoms with Crippen LogP contribution in [0.3, 0.4) is 0 Å². The van der Waals surface area contributed by atoms with Crippen molar-refractivity contribution in [3.05, 3.63) is 51.2 Å². The average molecular weight is 319 g/mol. The second-order valence-electron chi connectivity index (χ2n) is 4.41. The van der Waals surface area contributed by atoms with Crippen LogP contribution in [-0.4, -0.2) is 15.9 Å². The molecule has 0 aliphatic carbocycles. The van der Waals surface area contributed by atoms with E-state index in [2.05, 4.69) is 25.9 Å². The maximum Gasteiger partial charge on any atom is 0.157 e. The van der Waals surface area contributed by atoms with E-state index in [0.29, 0.717) is 11.3 Å². The Hall–Kier alpha value is -1.75. The molecule has 0 atom stereocenters. The Kier molecular flexibility index (Phi) is 3.95. The molecule has 1 N–H and O–H groups in total. The van der Waals surface area contributed by atoms with Crippen molar-refractivity contribution in [1.29, 1.82) is 5.41 Å². The third kappa shape index (κ3) is 2.98. The van der Waals surface area contributed by atoms with Crippen molar-refractivity contribution in [3.8, 4) is 0 Å². The van der Waals surface area contributed by atoms with Crippen LogP contribution in [0, 0.1) is 26.2 Å². The van der Waals surface area contributed by atoms with Gasteiger partial charge >= 0.3 is 0 Å². The lowest BCUT2D eigenvalue weighted by Crippen LogP contribution is -2.19. The fourth-order valence-electron chi connectivity index (χ4n) is 1.68. The van der Waals surface area contributed by atoms with Gasteiger partial charge < -0.3 is 0 Å². The van der Waals surface area contributed by atoms with Crippen LogP contribution >= 0.6 is 15.9 Å². The zero-order chi connectivity index (χ0) is 14.0. The molecular weight excluding hydrogens is 304 g/mol. The molecule has 0 saturated heterocycles. The van der Waals surface area contributed by atoms with Gasteiger partial charge in [-0.15, -0.1) is 0 Å². The normalized spacial score (nSPS) is 11.7. The zero-order valence-electron chi connectivity index (χ0n) is 11.1. The lowest BCUT2D eigenvalue weighted by molar-refractivity contribution is 0.989. The van der Waals surface area contributed by atoms with Gasteiger partial charge in [-0.2, -0.15) is 0 Å². The van der Waals surface area contributed by atoms with Gasteiger partial charge in [0.15, 0.2) is 5.82 Å². The van der Waals surface area contributed by atoms with Crippen LogP contribution in [0.1, 0.15) is 16.8 Å². The second-order valence-corrected chi connectivity index (χ2v) is 5.26. The summed E-state index contributed by atoms with van der Waals surface area (Å²) in [6, 6.07) is 5.88. The molecular formula is C14H15BrN4. The molecule has 0 spiro atoms. The summed E-state index contributed by atoms with van der Waals surface area (Å²) in [5, 5.41) is 7.40. The standard InChI is InChI=1S/C14H15BrN4/c1-9-4-5-19(8-16)13(6-9)18-14-10(2)7-12(15)11(3)17-14/h4-8,16H,1-3H3. The summed E-state index contributed by atoms with van der Waals surface area (Å²) in [6.45, 7) is 5.91. The minimum absolute atomic E-state index is 0.682. The quantitative estimate of drug-likeness (QED) is 0.670. The van der Waals surface area contributed by atoms with Crippen LogP contribution < -0.4 is 5.49 Å². The van der Waals surface area contributed by atoms with Gasteiger partial charge in [-0.3, -0.25) is 9.98 Å². The van der Waals surface area contributed by atoms with Gasteiger partial charge in [0.25, 0.3) is 0 Å². The number of hydrogen-bond acceptors (Lipinski definition) is 3. The zero-order valence-corrected chi connectivity index (χ0v) is 12.7. The summed E-state index contributed by atoms with van der Waals surface area (Å²) in [4.78, 5) is 9.02. The molecule has 0 aromatic carbocycles. The van der Waals surface area contributed by atoms with Crippen LogP contribution in [0.2, 0.25) is 0 Å². The first-order valence-electron chi connectivity index (χ1n) is 5.89. The summed E-state index contributed by atoms with van der Waals surface area (Å²) in [5.74, 6) is 0.682. The molecule has 2 heterocycles. The lowest BCUT2D eigenvalue weighted by Gasteiger charge is -2.05. The first-order valence-corrected chi connectivity index (χ1v) is 6.68. The molecule has 0 fully saturated rings. The SMILES string of the molecule is Cc1ccn(C=N)c(=Nc2nc(C)c(Br)cc2C)c1. The molecule has 0 aliphatic rings. The van der Waals surface area contributed by atoms with Gasteiger partial charge in [0, 0.05) is 10.7 Å². The monoisotopic (exact) mass is 318 g/mol. The Morgan fingerprint density at radius 3 is 2.74 bits per heavy atom. The van der Waals surface area contributed by atoms with Gasteiger partial charge in [0.05, 0.1) is 12.0 Å². The Morgan fingerprint density at radius 2 is 2.05 bits per heavy atom. The number of nitrogens with zero attached hydrogens (tertiary/aromatic N) is 3. The van der Waals surface area contributed by atoms with Gasteiger partial charge in [0.1, 0.15) is 5.49 Å². The molecule has 0 aliphatic heterocycles. The molecule has 98 valence electrons. The van der Waals surface area contributed by atoms with Crippen LogP contribution in [0.15, 0.2) is 33.9 Å². The van der Waals surface area contributed by atoms with Gasteiger partial charge in [0.2, 0.25) is 0 Å². The molecule has 0 radical (unpaired) electrons. The van der Waals surface area contributed by atoms with Crippen molar-refractivity contribution in [2.24, 2.45) is 4.99 Å². The molecule has 2 aromatic heterocycles. The number of nitrogens with one attached hydrogen (secondary N) is 1. The molecule has 0 bridgehead atoms. The molecule has 0 amide bonds. The van der Waals surface area contributed by atoms with E-state index in [0.717, 1.165) is 21.3 Å². The van der Waals surface area contributed by atoms with Crippen molar-refractivity contribution in [2.75, 3.05) is 0 Å². The fourth-order valence-corrected chi connectivity index (χ4v) is 2.11. The van der Waals surface area contributed by atoms with Crippen LogP contribution in [0.4, 0.5) is 5.82 Å². The van der Waals surface area contributed by atoms with Crippen LogP contribution in [0.5, 0.6) is 0 Å². The maximum absolute atomic E-state index is 7.40. The number of pyridine rings is 2. The third-order valence-corrected chi connectivity index (χ3v) is 3.60. The molecule has 5 heteroatoms. The number of rotatable bonds is 2. The predicted octanol–water partition coefficient (Wildman–Crippen LogP) is 3.26. The lowest BCUT2D eigenvalue weighted by atomic mass is 10.2. The summed E-state index contributed by atoms with van der Waals surface area (Å²) in [7, 11) is 0. The second kappa shape index (κ2) is 5.48. The Labute approximate surface area is 120 Å². The van der Waals surface area contributed by atoms with E-state index in [-0.39, 0.29) is 0 Å². The van der Waals surface area contributed by atoms with E-state index < -0.39 is 0 Å². The highest BCUT2D eigenvalue weighted by Gasteiger charge is 2.03. The van der Waals surface area contributed by atoms with E-state index in [9.17, 15) is 0 Å². The molecule has 2 rings (SSSR count). The fraction of sp³-hybridized carbons (Fsp3) is 0.214. The molecule has 0 saturated carbocycles. The largest absolute Gasteiger partial charge is 0.293 e. The van der Waals surface area contributed by atoms with E-state index in [1.165, 1.54) is 6.34 Å². The van der Waals surface area contributed by atoms with E-state index in [1.807, 2.05) is 45.2 Å². The maximum atomic E-state index is 7.40. The molecule has 0 unspecified atom stereocenters. The summed E-state index contributed by atoms with van der Waals surface area (Å²) in [6.07, 6.45) is 3.06. The Bertz CT molecular complexity index is 701. The highest BCUT2D eigenvalue weighted by atomic mass is 79.9. The third-order valence-electron chi connectivity index (χ3n) is 2.79. The Morgan fingerprint density at radius 1 is 1.32 bits per heavy atom. The number of aryl methyl sites for hydroxylation is 3. The molecule has 19 heavy (non-hydrogen) atoms. The molecule has 2 aromatic rings. The summed E-state index contributed by atoms with van der Waals surface area (Å²) < 4.78 is 2.64. The first-order chi connectivity index (χ1) is 9.01. The number of aromatic nitrogens is 2. The smallest absolute Gasteiger partial charge is 0.157 e. The minimum Gasteiger partial charge on any atom is -0.293 e. The predicted molar refractivity (Wildman–Crippen MR) is 80.0 cm³/mol. The molecule has 4 nitrogen and oxygen atoms in total. The van der Waals surface area contributed by atoms with Crippen molar-refractivity contribution in [1.82, 2.24) is 9.55 Å². The topological polar surface area (TPSA) is 54.0 Å². The van der Waals surface area contributed by atoms with E-state index >= 15 is 0 Å². The number of hydrogen-bond donors (Lipinski definition) is 1. The highest BCUT2D eigenvalue weighted by molar-refractivity contribution is 9.10. The average Bonchev–Trinajstić information content (AvgIpc) is 2.36. The Balaban J connectivity index is 2.67. The minimum atomic E-state index is 0.682. The highest BCUT2D eigenvalue weighted by Crippen LogP contribution is 2.22. The van der Waals surface area contributed by atoms with Crippen molar-refractivity contribution in [3.63, 3.8) is 0 Å². The first kappa shape index (κ1) is 13.7. The summed E-state index contributed by atoms with van der Waals surface area (Å²) >= 11 is 3.46. The van der Waals surface area contributed by atoms with Crippen molar-refractivity contribution < 1.29 is 0 Å². The van der Waals surface area contributed by atoms with Gasteiger partial charge in [-0.05, 0) is 66.0 Å². The summed E-state index contributed by atoms with van der Waals surface area (Å²) in [5.41, 5.74) is 3.70. The van der Waals surface area contributed by atoms with E-state index in [4.69, 9.17) is 5.41 Å². The van der Waals surface area contributed by atoms with E-state index in [1.54, 1.807) is 4.57 Å². The van der Waals surface area contributed by atoms with Crippen molar-refractivity contribution >= 4 is 28.1 Å². The van der Waals surface area contributed by atoms with Crippen LogP contribution in [-0.2, 0) is 0 Å². The van der Waals surface area contributed by atoms with Gasteiger partial charge in [-0.1, -0.05) is 0 Å². The van der Waals surface area contributed by atoms with Crippen LogP contribution in [0.25, 0.3) is 0 Å². The number of halogens is 1.